The number of nitrogens with zero attached hydrogens (tertiary/aromatic N) is 2. The second-order valence-corrected chi connectivity index (χ2v) is 14.0. The summed E-state index contributed by atoms with van der Waals surface area (Å²) in [4.78, 5) is 29.4. The summed E-state index contributed by atoms with van der Waals surface area (Å²) >= 11 is 12.4. The Kier molecular flexibility index (Phi) is 10.5. The zero-order valence-corrected chi connectivity index (χ0v) is 26.6. The molecular formula is C31H37Cl2N3O4S. The average Bonchev–Trinajstić information content (AvgIpc) is 2.86. The van der Waals surface area contributed by atoms with Crippen molar-refractivity contribution < 1.29 is 18.0 Å². The summed E-state index contributed by atoms with van der Waals surface area (Å²) < 4.78 is 27.1. The van der Waals surface area contributed by atoms with E-state index >= 15 is 0 Å². The molecule has 41 heavy (non-hydrogen) atoms. The second-order valence-electron chi connectivity index (χ2n) is 11.3. The van der Waals surface area contributed by atoms with Crippen LogP contribution in [0.5, 0.6) is 0 Å². The van der Waals surface area contributed by atoms with E-state index in [0.717, 1.165) is 21.7 Å². The van der Waals surface area contributed by atoms with Crippen LogP contribution < -0.4 is 9.62 Å². The SMILES string of the molecule is Cc1ccc(N(CC(=O)N(Cc2ccc(Cl)c(Cl)c2)[C@H](Cc2ccccc2)C(=O)NC(C)(C)C)S(C)(=O)=O)c(C)c1. The van der Waals surface area contributed by atoms with Crippen molar-refractivity contribution in [2.45, 2.75) is 59.2 Å². The number of sulfonamides is 1. The van der Waals surface area contributed by atoms with Gasteiger partial charge in [0.25, 0.3) is 0 Å². The highest BCUT2D eigenvalue weighted by molar-refractivity contribution is 7.92. The van der Waals surface area contributed by atoms with Crippen molar-refractivity contribution in [2.75, 3.05) is 17.1 Å². The quantitative estimate of drug-likeness (QED) is 0.305. The molecule has 0 aliphatic carbocycles. The topological polar surface area (TPSA) is 86.8 Å². The lowest BCUT2D eigenvalue weighted by Crippen LogP contribution is -2.56. The molecular weight excluding hydrogens is 581 g/mol. The summed E-state index contributed by atoms with van der Waals surface area (Å²) in [5.41, 5.74) is 3.01. The minimum Gasteiger partial charge on any atom is -0.350 e. The molecule has 0 saturated heterocycles. The number of hydrogen-bond acceptors (Lipinski definition) is 4. The fourth-order valence-electron chi connectivity index (χ4n) is 4.52. The fraction of sp³-hybridized carbons (Fsp3) is 0.355. The highest BCUT2D eigenvalue weighted by Gasteiger charge is 2.34. The Labute approximate surface area is 253 Å². The van der Waals surface area contributed by atoms with Crippen molar-refractivity contribution in [3.05, 3.63) is 99.0 Å². The van der Waals surface area contributed by atoms with Crippen LogP contribution in [0.15, 0.2) is 66.7 Å². The van der Waals surface area contributed by atoms with Crippen LogP contribution in [-0.4, -0.2) is 49.5 Å². The van der Waals surface area contributed by atoms with E-state index in [-0.39, 0.29) is 18.9 Å². The molecule has 220 valence electrons. The molecule has 3 rings (SSSR count). The van der Waals surface area contributed by atoms with E-state index in [2.05, 4.69) is 5.32 Å². The Morgan fingerprint density at radius 1 is 0.902 bits per heavy atom. The third kappa shape index (κ3) is 9.21. The van der Waals surface area contributed by atoms with Crippen LogP contribution in [0.4, 0.5) is 5.69 Å². The number of carbonyl (C=O) groups is 2. The first kappa shape index (κ1) is 32.4. The Morgan fingerprint density at radius 3 is 2.12 bits per heavy atom. The van der Waals surface area contributed by atoms with Crippen LogP contribution in [-0.2, 0) is 32.6 Å². The van der Waals surface area contributed by atoms with Crippen LogP contribution in [0.25, 0.3) is 0 Å². The Bertz CT molecular complexity index is 1510. The molecule has 0 aliphatic rings. The van der Waals surface area contributed by atoms with Gasteiger partial charge in [-0.2, -0.15) is 0 Å². The van der Waals surface area contributed by atoms with Gasteiger partial charge in [-0.25, -0.2) is 8.42 Å². The van der Waals surface area contributed by atoms with Crippen molar-refractivity contribution in [3.8, 4) is 0 Å². The van der Waals surface area contributed by atoms with Crippen molar-refractivity contribution in [3.63, 3.8) is 0 Å². The van der Waals surface area contributed by atoms with Crippen molar-refractivity contribution in [1.82, 2.24) is 10.2 Å². The second kappa shape index (κ2) is 13.3. The maximum absolute atomic E-state index is 14.2. The first-order valence-corrected chi connectivity index (χ1v) is 15.8. The van der Waals surface area contributed by atoms with E-state index < -0.39 is 34.1 Å². The molecule has 3 aromatic rings. The molecule has 2 amide bonds. The van der Waals surface area contributed by atoms with Gasteiger partial charge in [0.05, 0.1) is 22.0 Å². The van der Waals surface area contributed by atoms with Gasteiger partial charge < -0.3 is 10.2 Å². The maximum Gasteiger partial charge on any atom is 0.244 e. The lowest BCUT2D eigenvalue weighted by atomic mass is 10.0. The van der Waals surface area contributed by atoms with Crippen LogP contribution in [0.2, 0.25) is 10.0 Å². The molecule has 0 aliphatic heterocycles. The normalized spacial score (nSPS) is 12.5. The standard InChI is InChI=1S/C31H37Cl2N3O4S/c1-21-12-15-27(22(2)16-21)36(41(6,39)40)20-29(37)35(19-24-13-14-25(32)26(33)17-24)28(30(38)34-31(3,4)5)18-23-10-8-7-9-11-23/h7-17,28H,18-20H2,1-6H3,(H,34,38)/t28-/m1/s1. The van der Waals surface area contributed by atoms with E-state index in [4.69, 9.17) is 23.2 Å². The van der Waals surface area contributed by atoms with E-state index in [9.17, 15) is 18.0 Å². The Hall–Kier alpha value is -3.07. The Morgan fingerprint density at radius 2 is 1.56 bits per heavy atom. The number of rotatable bonds is 10. The molecule has 1 atom stereocenters. The van der Waals surface area contributed by atoms with Gasteiger partial charge in [0.15, 0.2) is 0 Å². The summed E-state index contributed by atoms with van der Waals surface area (Å²) in [5.74, 6) is -0.890. The van der Waals surface area contributed by atoms with Gasteiger partial charge in [0.1, 0.15) is 12.6 Å². The number of benzene rings is 3. The molecule has 0 unspecified atom stereocenters. The predicted octanol–water partition coefficient (Wildman–Crippen LogP) is 5.93. The van der Waals surface area contributed by atoms with Crippen molar-refractivity contribution in [1.29, 1.82) is 0 Å². The molecule has 0 bridgehead atoms. The molecule has 3 aromatic carbocycles. The van der Waals surface area contributed by atoms with Gasteiger partial charge in [-0.1, -0.05) is 77.3 Å². The monoisotopic (exact) mass is 617 g/mol. The smallest absolute Gasteiger partial charge is 0.244 e. The molecule has 1 N–H and O–H groups in total. The number of aryl methyl sites for hydroxylation is 2. The van der Waals surface area contributed by atoms with E-state index in [1.54, 1.807) is 37.3 Å². The zero-order chi connectivity index (χ0) is 30.5. The molecule has 0 spiro atoms. The number of carbonyl (C=O) groups excluding carboxylic acids is 2. The first-order chi connectivity index (χ1) is 19.0. The molecule has 0 radical (unpaired) electrons. The van der Waals surface area contributed by atoms with Gasteiger partial charge in [-0.05, 0) is 69.5 Å². The van der Waals surface area contributed by atoms with Crippen LogP contribution in [0.3, 0.4) is 0 Å². The lowest BCUT2D eigenvalue weighted by molar-refractivity contribution is -0.140. The first-order valence-electron chi connectivity index (χ1n) is 13.2. The van der Waals surface area contributed by atoms with E-state index in [1.165, 1.54) is 4.90 Å². The summed E-state index contributed by atoms with van der Waals surface area (Å²) in [6, 6.07) is 18.8. The molecule has 7 nitrogen and oxygen atoms in total. The van der Waals surface area contributed by atoms with Crippen LogP contribution in [0.1, 0.15) is 43.0 Å². The molecule has 0 fully saturated rings. The minimum absolute atomic E-state index is 0.00919. The van der Waals surface area contributed by atoms with E-state index in [0.29, 0.717) is 26.9 Å². The van der Waals surface area contributed by atoms with Gasteiger partial charge in [0, 0.05) is 18.5 Å². The zero-order valence-electron chi connectivity index (χ0n) is 24.2. The number of anilines is 1. The summed E-state index contributed by atoms with van der Waals surface area (Å²) in [5, 5.41) is 3.67. The lowest BCUT2D eigenvalue weighted by Gasteiger charge is -2.35. The average molecular weight is 619 g/mol. The van der Waals surface area contributed by atoms with Crippen molar-refractivity contribution in [2.24, 2.45) is 0 Å². The number of amides is 2. The number of hydrogen-bond donors (Lipinski definition) is 1. The third-order valence-electron chi connectivity index (χ3n) is 6.41. The van der Waals surface area contributed by atoms with Crippen LogP contribution >= 0.6 is 23.2 Å². The largest absolute Gasteiger partial charge is 0.350 e. The fourth-order valence-corrected chi connectivity index (χ4v) is 5.75. The minimum atomic E-state index is -3.85. The summed E-state index contributed by atoms with van der Waals surface area (Å²) in [6.45, 7) is 8.82. The summed E-state index contributed by atoms with van der Waals surface area (Å²) in [7, 11) is -3.85. The van der Waals surface area contributed by atoms with Crippen LogP contribution in [0, 0.1) is 13.8 Å². The van der Waals surface area contributed by atoms with Gasteiger partial charge in [0.2, 0.25) is 21.8 Å². The highest BCUT2D eigenvalue weighted by Crippen LogP contribution is 2.27. The van der Waals surface area contributed by atoms with Gasteiger partial charge >= 0.3 is 0 Å². The van der Waals surface area contributed by atoms with Gasteiger partial charge in [-0.15, -0.1) is 0 Å². The highest BCUT2D eigenvalue weighted by atomic mass is 35.5. The molecule has 0 saturated carbocycles. The molecule has 10 heteroatoms. The third-order valence-corrected chi connectivity index (χ3v) is 8.27. The van der Waals surface area contributed by atoms with Crippen molar-refractivity contribution >= 4 is 50.7 Å². The Balaban J connectivity index is 2.11. The maximum atomic E-state index is 14.2. The van der Waals surface area contributed by atoms with E-state index in [1.807, 2.05) is 64.1 Å². The summed E-state index contributed by atoms with van der Waals surface area (Å²) in [6.07, 6.45) is 1.29. The van der Waals surface area contributed by atoms with Gasteiger partial charge in [-0.3, -0.25) is 13.9 Å². The number of nitrogens with one attached hydrogen (secondary N) is 1. The number of halogens is 2. The molecule has 0 aromatic heterocycles. The molecule has 0 heterocycles. The predicted molar refractivity (Wildman–Crippen MR) is 167 cm³/mol.